The van der Waals surface area contributed by atoms with Crippen molar-refractivity contribution in [2.75, 3.05) is 13.2 Å². The van der Waals surface area contributed by atoms with Gasteiger partial charge in [-0.05, 0) is 67.6 Å². The van der Waals surface area contributed by atoms with Crippen LogP contribution in [0.15, 0.2) is 36.4 Å². The first kappa shape index (κ1) is 23.7. The molecule has 4 rings (SSSR count). The molecule has 0 aliphatic carbocycles. The van der Waals surface area contributed by atoms with Crippen molar-refractivity contribution in [3.05, 3.63) is 53.1 Å². The standard InChI is InChI=1S/C25H31NO7/c1-13(2)26-9-8-15-4-5-17(11-18(15)24(26)31)16-6-7-19(14(3)10-16)32-25-23(30)22(29)21(28)20(12-27)33-25/h4-7,10-11,13,20-23,25,27-30H,8-9,12H2,1-3H3/t20?,21-,22+,23?,25+/m1/s1. The lowest BCUT2D eigenvalue weighted by Crippen LogP contribution is -2.60. The van der Waals surface area contributed by atoms with Crippen LogP contribution in [0, 0.1) is 6.92 Å². The highest BCUT2D eigenvalue weighted by Gasteiger charge is 2.44. The molecule has 0 bridgehead atoms. The minimum atomic E-state index is -1.50. The summed E-state index contributed by atoms with van der Waals surface area (Å²) in [6.07, 6.45) is -5.85. The summed E-state index contributed by atoms with van der Waals surface area (Å²) < 4.78 is 11.2. The van der Waals surface area contributed by atoms with Gasteiger partial charge in [-0.1, -0.05) is 18.2 Å². The average molecular weight is 458 g/mol. The van der Waals surface area contributed by atoms with Crippen molar-refractivity contribution in [3.8, 4) is 16.9 Å². The maximum Gasteiger partial charge on any atom is 0.254 e. The molecule has 0 spiro atoms. The third-order valence-electron chi connectivity index (χ3n) is 6.45. The summed E-state index contributed by atoms with van der Waals surface area (Å²) in [6.45, 7) is 6.08. The molecule has 2 unspecified atom stereocenters. The quantitative estimate of drug-likeness (QED) is 0.533. The summed E-state index contributed by atoms with van der Waals surface area (Å²) in [7, 11) is 0. The topological polar surface area (TPSA) is 120 Å². The van der Waals surface area contributed by atoms with Gasteiger partial charge in [0.25, 0.3) is 5.91 Å². The highest BCUT2D eigenvalue weighted by Crippen LogP contribution is 2.32. The number of ether oxygens (including phenoxy) is 2. The van der Waals surface area contributed by atoms with Gasteiger partial charge in [0.1, 0.15) is 30.2 Å². The Kier molecular flexibility index (Phi) is 6.74. The number of hydrogen-bond acceptors (Lipinski definition) is 7. The Hall–Kier alpha value is -2.49. The number of fused-ring (bicyclic) bond motifs is 1. The zero-order valence-electron chi connectivity index (χ0n) is 19.0. The molecule has 2 aromatic rings. The van der Waals surface area contributed by atoms with E-state index in [9.17, 15) is 25.2 Å². The largest absolute Gasteiger partial charge is 0.462 e. The van der Waals surface area contributed by atoms with Crippen LogP contribution >= 0.6 is 0 Å². The second kappa shape index (κ2) is 9.40. The van der Waals surface area contributed by atoms with Crippen molar-refractivity contribution >= 4 is 5.91 Å². The van der Waals surface area contributed by atoms with E-state index in [2.05, 4.69) is 0 Å². The van der Waals surface area contributed by atoms with Crippen LogP contribution in [0.3, 0.4) is 0 Å². The molecule has 2 heterocycles. The van der Waals surface area contributed by atoms with Gasteiger partial charge in [-0.3, -0.25) is 4.79 Å². The maximum atomic E-state index is 12.9. The fraction of sp³-hybridized carbons (Fsp3) is 0.480. The van der Waals surface area contributed by atoms with E-state index >= 15 is 0 Å². The molecule has 1 saturated heterocycles. The van der Waals surface area contributed by atoms with Crippen LogP contribution in [-0.2, 0) is 11.2 Å². The molecule has 178 valence electrons. The first-order chi connectivity index (χ1) is 15.7. The summed E-state index contributed by atoms with van der Waals surface area (Å²) in [5.74, 6) is 0.482. The van der Waals surface area contributed by atoms with E-state index in [4.69, 9.17) is 9.47 Å². The second-order valence-corrected chi connectivity index (χ2v) is 9.01. The fourth-order valence-corrected chi connectivity index (χ4v) is 4.41. The molecular weight excluding hydrogens is 426 g/mol. The van der Waals surface area contributed by atoms with Gasteiger partial charge in [0.2, 0.25) is 6.29 Å². The molecule has 0 aromatic heterocycles. The zero-order chi connectivity index (χ0) is 23.9. The van der Waals surface area contributed by atoms with E-state index in [1.807, 2.05) is 56.0 Å². The number of aliphatic hydroxyl groups is 4. The number of aryl methyl sites for hydroxylation is 1. The smallest absolute Gasteiger partial charge is 0.254 e. The van der Waals surface area contributed by atoms with Gasteiger partial charge >= 0.3 is 0 Å². The SMILES string of the molecule is Cc1cc(-c2ccc3c(c2)C(=O)N(C(C)C)CC3)ccc1O[C@H]1OC(CO)[C@@H](O)[C@H](O)C1O. The highest BCUT2D eigenvalue weighted by molar-refractivity contribution is 5.98. The van der Waals surface area contributed by atoms with E-state index in [1.54, 1.807) is 6.07 Å². The number of aliphatic hydroxyl groups excluding tert-OH is 4. The minimum absolute atomic E-state index is 0.0485. The number of nitrogens with zero attached hydrogens (tertiary/aromatic N) is 1. The number of carbonyl (C=O) groups excluding carboxylic acids is 1. The average Bonchev–Trinajstić information content (AvgIpc) is 2.80. The van der Waals surface area contributed by atoms with Gasteiger partial charge in [0.05, 0.1) is 6.61 Å². The predicted octanol–water partition coefficient (Wildman–Crippen LogP) is 1.25. The van der Waals surface area contributed by atoms with Gasteiger partial charge in [-0.25, -0.2) is 0 Å². The molecule has 2 aliphatic heterocycles. The Labute approximate surface area is 193 Å². The van der Waals surface area contributed by atoms with Crippen molar-refractivity contribution < 1.29 is 34.7 Å². The molecule has 1 fully saturated rings. The Balaban J connectivity index is 1.56. The summed E-state index contributed by atoms with van der Waals surface area (Å²) in [5, 5.41) is 39.5. The van der Waals surface area contributed by atoms with Gasteiger partial charge in [0, 0.05) is 18.2 Å². The first-order valence-corrected chi connectivity index (χ1v) is 11.2. The highest BCUT2D eigenvalue weighted by atomic mass is 16.7. The van der Waals surface area contributed by atoms with Crippen LogP contribution in [0.5, 0.6) is 5.75 Å². The van der Waals surface area contributed by atoms with Crippen molar-refractivity contribution in [1.82, 2.24) is 4.90 Å². The van der Waals surface area contributed by atoms with Crippen LogP contribution in [0.25, 0.3) is 11.1 Å². The van der Waals surface area contributed by atoms with Crippen LogP contribution < -0.4 is 4.74 Å². The van der Waals surface area contributed by atoms with Gasteiger partial charge in [-0.15, -0.1) is 0 Å². The van der Waals surface area contributed by atoms with Crippen LogP contribution in [0.2, 0.25) is 0 Å². The fourth-order valence-electron chi connectivity index (χ4n) is 4.41. The normalized spacial score (nSPS) is 27.6. The molecule has 0 saturated carbocycles. The lowest BCUT2D eigenvalue weighted by atomic mass is 9.93. The monoisotopic (exact) mass is 457 g/mol. The van der Waals surface area contributed by atoms with Crippen LogP contribution in [-0.4, -0.2) is 81.1 Å². The minimum Gasteiger partial charge on any atom is -0.462 e. The molecule has 2 aromatic carbocycles. The van der Waals surface area contributed by atoms with E-state index in [-0.39, 0.29) is 11.9 Å². The van der Waals surface area contributed by atoms with Gasteiger partial charge in [-0.2, -0.15) is 0 Å². The molecule has 4 N–H and O–H groups in total. The van der Waals surface area contributed by atoms with Crippen molar-refractivity contribution in [2.24, 2.45) is 0 Å². The summed E-state index contributed by atoms with van der Waals surface area (Å²) >= 11 is 0. The molecule has 8 nitrogen and oxygen atoms in total. The summed E-state index contributed by atoms with van der Waals surface area (Å²) in [4.78, 5) is 14.8. The summed E-state index contributed by atoms with van der Waals surface area (Å²) in [6, 6.07) is 11.6. The first-order valence-electron chi connectivity index (χ1n) is 11.2. The van der Waals surface area contributed by atoms with E-state index in [0.717, 1.165) is 40.8 Å². The zero-order valence-corrected chi connectivity index (χ0v) is 19.0. The van der Waals surface area contributed by atoms with Crippen LogP contribution in [0.4, 0.5) is 0 Å². The number of amides is 1. The second-order valence-electron chi connectivity index (χ2n) is 9.01. The maximum absolute atomic E-state index is 12.9. The van der Waals surface area contributed by atoms with Crippen molar-refractivity contribution in [1.29, 1.82) is 0 Å². The molecule has 2 aliphatic rings. The predicted molar refractivity (Wildman–Crippen MR) is 121 cm³/mol. The van der Waals surface area contributed by atoms with Crippen molar-refractivity contribution in [3.63, 3.8) is 0 Å². The molecule has 33 heavy (non-hydrogen) atoms. The Morgan fingerprint density at radius 1 is 1.06 bits per heavy atom. The third-order valence-corrected chi connectivity index (χ3v) is 6.45. The number of hydrogen-bond donors (Lipinski definition) is 4. The Morgan fingerprint density at radius 3 is 2.42 bits per heavy atom. The lowest BCUT2D eigenvalue weighted by molar-refractivity contribution is -0.277. The number of carbonyl (C=O) groups is 1. The molecular formula is C25H31NO7. The van der Waals surface area contributed by atoms with Gasteiger partial charge in [0.15, 0.2) is 0 Å². The Morgan fingerprint density at radius 2 is 1.76 bits per heavy atom. The molecule has 8 heteroatoms. The molecule has 1 amide bonds. The number of benzene rings is 2. The lowest BCUT2D eigenvalue weighted by Gasteiger charge is -2.39. The van der Waals surface area contributed by atoms with Crippen molar-refractivity contribution in [2.45, 2.75) is 63.9 Å². The number of rotatable bonds is 5. The van der Waals surface area contributed by atoms with Crippen LogP contribution in [0.1, 0.15) is 35.3 Å². The third kappa shape index (κ3) is 4.49. The van der Waals surface area contributed by atoms with E-state index in [0.29, 0.717) is 5.75 Å². The van der Waals surface area contributed by atoms with Gasteiger partial charge < -0.3 is 34.8 Å². The van der Waals surface area contributed by atoms with E-state index in [1.165, 1.54) is 0 Å². The molecule has 0 radical (unpaired) electrons. The molecule has 5 atom stereocenters. The van der Waals surface area contributed by atoms with E-state index < -0.39 is 37.3 Å². The Bertz CT molecular complexity index is 1020. The summed E-state index contributed by atoms with van der Waals surface area (Å²) in [5.41, 5.74) is 4.37.